The fourth-order valence-electron chi connectivity index (χ4n) is 2.54. The molecule has 1 atom stereocenters. The van der Waals surface area contributed by atoms with Gasteiger partial charge in [-0.3, -0.25) is 14.8 Å². The predicted octanol–water partition coefficient (Wildman–Crippen LogP) is 2.79. The fraction of sp³-hybridized carbons (Fsp3) is 0.389. The molecular formula is C18H24N4O3S. The number of hydrogen-bond acceptors (Lipinski definition) is 6. The number of nitrogens with zero attached hydrogens (tertiary/aromatic N) is 1. The van der Waals surface area contributed by atoms with Crippen molar-refractivity contribution in [2.75, 3.05) is 12.4 Å². The van der Waals surface area contributed by atoms with Gasteiger partial charge in [-0.05, 0) is 19.9 Å². The molecule has 0 bridgehead atoms. The number of likely N-dealkylation sites (N-methyl/N-ethyl adjacent to an activating group) is 1. The molecule has 2 amide bonds. The van der Waals surface area contributed by atoms with Gasteiger partial charge < -0.3 is 10.6 Å². The zero-order valence-electron chi connectivity index (χ0n) is 14.7. The van der Waals surface area contributed by atoms with Crippen molar-refractivity contribution in [1.82, 2.24) is 15.8 Å². The molecule has 0 fully saturated rings. The number of benzene rings is 1. The quantitative estimate of drug-likeness (QED) is 0.290. The van der Waals surface area contributed by atoms with Crippen LogP contribution < -0.4 is 16.1 Å². The van der Waals surface area contributed by atoms with E-state index in [0.29, 0.717) is 18.0 Å². The van der Waals surface area contributed by atoms with Gasteiger partial charge in [-0.1, -0.05) is 43.2 Å². The normalized spacial score (nSPS) is 11.8. The Labute approximate surface area is 156 Å². The summed E-state index contributed by atoms with van der Waals surface area (Å²) >= 11 is 1.40. The van der Waals surface area contributed by atoms with Crippen LogP contribution in [0.2, 0.25) is 0 Å². The second kappa shape index (κ2) is 10.6. The van der Waals surface area contributed by atoms with E-state index in [1.165, 1.54) is 11.3 Å². The van der Waals surface area contributed by atoms with Crippen molar-refractivity contribution in [3.63, 3.8) is 0 Å². The number of amides is 2. The van der Waals surface area contributed by atoms with Crippen LogP contribution in [0.15, 0.2) is 35.7 Å². The standard InChI is InChI=1S/C18H24N4O3S/c1-19-14(10-6-3-7-11-16(23)22-25)17(24)21-18-20-15(12-26-18)13-8-4-2-5-9-13/h2,4-5,8-9,12,14,19,25H,3,6-7,10-11H2,1H3,(H,22,23)(H,20,21,24)/t14-/m0/s1. The van der Waals surface area contributed by atoms with E-state index in [4.69, 9.17) is 5.21 Å². The molecule has 1 aromatic carbocycles. The van der Waals surface area contributed by atoms with Gasteiger partial charge in [0.15, 0.2) is 5.13 Å². The third-order valence-corrected chi connectivity index (χ3v) is 4.75. The van der Waals surface area contributed by atoms with Crippen LogP contribution in [0.25, 0.3) is 11.3 Å². The van der Waals surface area contributed by atoms with Crippen LogP contribution in [0.5, 0.6) is 0 Å². The predicted molar refractivity (Wildman–Crippen MR) is 102 cm³/mol. The lowest BCUT2D eigenvalue weighted by Gasteiger charge is -2.14. The van der Waals surface area contributed by atoms with E-state index in [1.807, 2.05) is 35.7 Å². The van der Waals surface area contributed by atoms with Gasteiger partial charge in [0.25, 0.3) is 0 Å². The van der Waals surface area contributed by atoms with Gasteiger partial charge in [0.2, 0.25) is 11.8 Å². The molecule has 2 rings (SSSR count). The van der Waals surface area contributed by atoms with E-state index in [1.54, 1.807) is 12.5 Å². The lowest BCUT2D eigenvalue weighted by Crippen LogP contribution is -2.38. The number of aromatic nitrogens is 1. The van der Waals surface area contributed by atoms with Crippen LogP contribution in [0.3, 0.4) is 0 Å². The van der Waals surface area contributed by atoms with Crippen molar-refractivity contribution in [1.29, 1.82) is 0 Å². The summed E-state index contributed by atoms with van der Waals surface area (Å²) in [7, 11) is 1.75. The maximum atomic E-state index is 12.4. The van der Waals surface area contributed by atoms with Gasteiger partial charge in [-0.15, -0.1) is 11.3 Å². The van der Waals surface area contributed by atoms with Crippen molar-refractivity contribution in [2.24, 2.45) is 0 Å². The number of hydroxylamine groups is 1. The minimum Gasteiger partial charge on any atom is -0.309 e. The highest BCUT2D eigenvalue weighted by Gasteiger charge is 2.17. The Hall–Kier alpha value is -2.29. The molecule has 8 heteroatoms. The number of carbonyl (C=O) groups excluding carboxylic acids is 2. The fourth-order valence-corrected chi connectivity index (χ4v) is 3.26. The Kier molecular flexibility index (Phi) is 8.20. The molecule has 0 saturated carbocycles. The summed E-state index contributed by atoms with van der Waals surface area (Å²) in [6.07, 6.45) is 3.25. The van der Waals surface area contributed by atoms with Crippen LogP contribution in [0, 0.1) is 0 Å². The summed E-state index contributed by atoms with van der Waals surface area (Å²) in [5.74, 6) is -0.500. The van der Waals surface area contributed by atoms with E-state index in [2.05, 4.69) is 15.6 Å². The first-order valence-corrected chi connectivity index (χ1v) is 9.44. The number of anilines is 1. The first-order valence-electron chi connectivity index (χ1n) is 8.56. The minimum absolute atomic E-state index is 0.116. The molecule has 7 nitrogen and oxygen atoms in total. The third kappa shape index (κ3) is 6.21. The Balaban J connectivity index is 1.80. The summed E-state index contributed by atoms with van der Waals surface area (Å²) in [6.45, 7) is 0. The molecule has 0 spiro atoms. The van der Waals surface area contributed by atoms with Crippen LogP contribution >= 0.6 is 11.3 Å². The molecule has 2 aromatic rings. The second-order valence-electron chi connectivity index (χ2n) is 5.87. The molecule has 0 radical (unpaired) electrons. The lowest BCUT2D eigenvalue weighted by atomic mass is 10.1. The van der Waals surface area contributed by atoms with Gasteiger partial charge in [-0.25, -0.2) is 10.5 Å². The zero-order valence-corrected chi connectivity index (χ0v) is 15.5. The number of unbranched alkanes of at least 4 members (excludes halogenated alkanes) is 2. The van der Waals surface area contributed by atoms with Crippen molar-refractivity contribution < 1.29 is 14.8 Å². The van der Waals surface area contributed by atoms with Gasteiger partial charge in [-0.2, -0.15) is 0 Å². The van der Waals surface area contributed by atoms with Gasteiger partial charge in [0.1, 0.15) is 0 Å². The van der Waals surface area contributed by atoms with Crippen LogP contribution in [0.1, 0.15) is 32.1 Å². The number of nitrogens with one attached hydrogen (secondary N) is 3. The summed E-state index contributed by atoms with van der Waals surface area (Å²) in [6, 6.07) is 9.50. The average Bonchev–Trinajstić information content (AvgIpc) is 3.13. The third-order valence-electron chi connectivity index (χ3n) is 3.99. The smallest absolute Gasteiger partial charge is 0.243 e. The Bertz CT molecular complexity index is 705. The van der Waals surface area contributed by atoms with Gasteiger partial charge in [0.05, 0.1) is 11.7 Å². The molecule has 0 aliphatic carbocycles. The number of hydrogen-bond donors (Lipinski definition) is 4. The number of carbonyl (C=O) groups is 2. The highest BCUT2D eigenvalue weighted by molar-refractivity contribution is 7.14. The molecule has 4 N–H and O–H groups in total. The summed E-state index contributed by atoms with van der Waals surface area (Å²) in [5.41, 5.74) is 3.47. The molecule has 1 heterocycles. The van der Waals surface area contributed by atoms with E-state index in [0.717, 1.165) is 24.1 Å². The minimum atomic E-state index is -0.383. The first-order chi connectivity index (χ1) is 12.6. The summed E-state index contributed by atoms with van der Waals surface area (Å²) in [4.78, 5) is 27.8. The SMILES string of the molecule is CN[C@@H](CCCCCC(=O)NO)C(=O)Nc1nc(-c2ccccc2)cs1. The first kappa shape index (κ1) is 20.0. The summed E-state index contributed by atoms with van der Waals surface area (Å²) in [5, 5.41) is 16.8. The number of thiazole rings is 1. The van der Waals surface area contributed by atoms with E-state index < -0.39 is 0 Å². The zero-order chi connectivity index (χ0) is 18.8. The second-order valence-corrected chi connectivity index (χ2v) is 6.73. The summed E-state index contributed by atoms with van der Waals surface area (Å²) < 4.78 is 0. The van der Waals surface area contributed by atoms with Gasteiger partial charge >= 0.3 is 0 Å². The van der Waals surface area contributed by atoms with E-state index >= 15 is 0 Å². The highest BCUT2D eigenvalue weighted by atomic mass is 32.1. The van der Waals surface area contributed by atoms with Crippen LogP contribution in [0.4, 0.5) is 5.13 Å². The molecule has 0 aliphatic rings. The van der Waals surface area contributed by atoms with Crippen molar-refractivity contribution in [3.05, 3.63) is 35.7 Å². The average molecular weight is 376 g/mol. The van der Waals surface area contributed by atoms with Crippen LogP contribution in [-0.4, -0.2) is 35.1 Å². The maximum absolute atomic E-state index is 12.4. The van der Waals surface area contributed by atoms with E-state index in [-0.39, 0.29) is 24.3 Å². The van der Waals surface area contributed by atoms with Crippen molar-refractivity contribution >= 4 is 28.3 Å². The lowest BCUT2D eigenvalue weighted by molar-refractivity contribution is -0.129. The Morgan fingerprint density at radius 1 is 1.19 bits per heavy atom. The maximum Gasteiger partial charge on any atom is 0.243 e. The topological polar surface area (TPSA) is 103 Å². The van der Waals surface area contributed by atoms with E-state index in [9.17, 15) is 9.59 Å². The highest BCUT2D eigenvalue weighted by Crippen LogP contribution is 2.24. The Morgan fingerprint density at radius 2 is 1.96 bits per heavy atom. The molecular weight excluding hydrogens is 352 g/mol. The molecule has 0 saturated heterocycles. The molecule has 1 aromatic heterocycles. The molecule has 0 aliphatic heterocycles. The monoisotopic (exact) mass is 376 g/mol. The largest absolute Gasteiger partial charge is 0.309 e. The van der Waals surface area contributed by atoms with Gasteiger partial charge in [0, 0.05) is 17.4 Å². The molecule has 26 heavy (non-hydrogen) atoms. The van der Waals surface area contributed by atoms with Crippen molar-refractivity contribution in [2.45, 2.75) is 38.1 Å². The van der Waals surface area contributed by atoms with Crippen LogP contribution in [-0.2, 0) is 9.59 Å². The molecule has 140 valence electrons. The number of rotatable bonds is 10. The van der Waals surface area contributed by atoms with Crippen molar-refractivity contribution in [3.8, 4) is 11.3 Å². The molecule has 0 unspecified atom stereocenters. The Morgan fingerprint density at radius 3 is 2.65 bits per heavy atom.